The van der Waals surface area contributed by atoms with E-state index < -0.39 is 0 Å². The van der Waals surface area contributed by atoms with Crippen molar-refractivity contribution in [3.63, 3.8) is 0 Å². The Morgan fingerprint density at radius 2 is 2.04 bits per heavy atom. The molecule has 0 aromatic carbocycles. The van der Waals surface area contributed by atoms with Crippen molar-refractivity contribution in [3.8, 4) is 17.3 Å². The van der Waals surface area contributed by atoms with Gasteiger partial charge in [0.1, 0.15) is 12.4 Å². The van der Waals surface area contributed by atoms with Crippen LogP contribution in [0.15, 0.2) is 30.7 Å². The Labute approximate surface area is 145 Å². The lowest BCUT2D eigenvalue weighted by atomic mass is 10.2. The Hall–Kier alpha value is -2.92. The number of ether oxygens (including phenoxy) is 1. The highest BCUT2D eigenvalue weighted by molar-refractivity contribution is 5.62. The molecule has 0 spiro atoms. The molecule has 128 valence electrons. The van der Waals surface area contributed by atoms with E-state index in [4.69, 9.17) is 15.1 Å². The summed E-state index contributed by atoms with van der Waals surface area (Å²) in [6, 6.07) is 6.05. The average Bonchev–Trinajstić information content (AvgIpc) is 3.20. The van der Waals surface area contributed by atoms with Crippen LogP contribution in [0.25, 0.3) is 16.9 Å². The van der Waals surface area contributed by atoms with Crippen molar-refractivity contribution >= 4 is 11.5 Å². The number of nitriles is 1. The number of morpholine rings is 1. The average molecular weight is 337 g/mol. The maximum atomic E-state index is 8.80. The Kier molecular flexibility index (Phi) is 3.86. The molecule has 4 heterocycles. The molecule has 3 aromatic heterocycles. The normalized spacial score (nSPS) is 20.8. The van der Waals surface area contributed by atoms with Crippen LogP contribution in [-0.2, 0) is 11.3 Å². The number of nitrogens with zero attached hydrogens (tertiary/aromatic N) is 7. The van der Waals surface area contributed by atoms with Gasteiger partial charge in [0.15, 0.2) is 5.65 Å². The molecule has 1 saturated heterocycles. The number of imidazole rings is 1. The lowest BCUT2D eigenvalue weighted by Gasteiger charge is -2.35. The first kappa shape index (κ1) is 15.6. The van der Waals surface area contributed by atoms with Crippen LogP contribution in [0.1, 0.15) is 13.8 Å². The highest BCUT2D eigenvalue weighted by Gasteiger charge is 2.23. The summed E-state index contributed by atoms with van der Waals surface area (Å²) >= 11 is 0. The van der Waals surface area contributed by atoms with Crippen LogP contribution in [0, 0.1) is 11.3 Å². The molecule has 1 fully saturated rings. The predicted octanol–water partition coefficient (Wildman–Crippen LogP) is 1.73. The fraction of sp³-hybridized carbons (Fsp3) is 0.412. The zero-order valence-electron chi connectivity index (χ0n) is 14.2. The van der Waals surface area contributed by atoms with Gasteiger partial charge in [0.2, 0.25) is 0 Å². The van der Waals surface area contributed by atoms with E-state index in [1.807, 2.05) is 22.8 Å². The van der Waals surface area contributed by atoms with Gasteiger partial charge in [-0.15, -0.1) is 5.10 Å². The van der Waals surface area contributed by atoms with E-state index in [-0.39, 0.29) is 18.8 Å². The highest BCUT2D eigenvalue weighted by Crippen LogP contribution is 2.23. The summed E-state index contributed by atoms with van der Waals surface area (Å²) in [5.74, 6) is 0.901. The maximum Gasteiger partial charge on any atom is 0.154 e. The zero-order valence-corrected chi connectivity index (χ0v) is 14.2. The van der Waals surface area contributed by atoms with Crippen molar-refractivity contribution < 1.29 is 4.74 Å². The molecule has 0 aliphatic carbocycles. The zero-order chi connectivity index (χ0) is 17.4. The van der Waals surface area contributed by atoms with E-state index in [1.54, 1.807) is 17.1 Å². The van der Waals surface area contributed by atoms with Crippen molar-refractivity contribution in [2.45, 2.75) is 32.6 Å². The molecule has 0 amide bonds. The predicted molar refractivity (Wildman–Crippen MR) is 92.0 cm³/mol. The quantitative estimate of drug-likeness (QED) is 0.724. The molecule has 0 unspecified atom stereocenters. The van der Waals surface area contributed by atoms with Gasteiger partial charge in [0, 0.05) is 24.8 Å². The SMILES string of the molecule is C[C@@H]1CN(c2ccc3ncc(-c4cnn(CC#N)c4)n3n2)C[C@H](C)O1. The van der Waals surface area contributed by atoms with Gasteiger partial charge in [0.25, 0.3) is 0 Å². The molecular weight excluding hydrogens is 318 g/mol. The fourth-order valence-electron chi connectivity index (χ4n) is 3.25. The lowest BCUT2D eigenvalue weighted by molar-refractivity contribution is -0.00551. The number of hydrogen-bond acceptors (Lipinski definition) is 6. The Morgan fingerprint density at radius 3 is 2.80 bits per heavy atom. The van der Waals surface area contributed by atoms with Crippen LogP contribution in [0.3, 0.4) is 0 Å². The lowest BCUT2D eigenvalue weighted by Crippen LogP contribution is -2.46. The molecule has 0 bridgehead atoms. The first-order chi connectivity index (χ1) is 12.1. The van der Waals surface area contributed by atoms with Crippen LogP contribution in [0.4, 0.5) is 5.82 Å². The van der Waals surface area contributed by atoms with Crippen LogP contribution >= 0.6 is 0 Å². The molecule has 8 nitrogen and oxygen atoms in total. The summed E-state index contributed by atoms with van der Waals surface area (Å²) in [6.07, 6.45) is 5.69. The van der Waals surface area contributed by atoms with Crippen LogP contribution in [0.2, 0.25) is 0 Å². The molecule has 8 heteroatoms. The fourth-order valence-corrected chi connectivity index (χ4v) is 3.25. The van der Waals surface area contributed by atoms with E-state index in [9.17, 15) is 0 Å². The van der Waals surface area contributed by atoms with Gasteiger partial charge in [-0.25, -0.2) is 9.50 Å². The molecule has 0 saturated carbocycles. The second-order valence-electron chi connectivity index (χ2n) is 6.35. The van der Waals surface area contributed by atoms with Crippen LogP contribution in [-0.4, -0.2) is 49.7 Å². The second-order valence-corrected chi connectivity index (χ2v) is 6.35. The topological polar surface area (TPSA) is 84.3 Å². The van der Waals surface area contributed by atoms with Gasteiger partial charge >= 0.3 is 0 Å². The molecule has 2 atom stereocenters. The third-order valence-electron chi connectivity index (χ3n) is 4.25. The highest BCUT2D eigenvalue weighted by atomic mass is 16.5. The summed E-state index contributed by atoms with van der Waals surface area (Å²) in [6.45, 7) is 6.00. The first-order valence-corrected chi connectivity index (χ1v) is 8.29. The number of anilines is 1. The van der Waals surface area contributed by atoms with E-state index in [1.165, 1.54) is 0 Å². The van der Waals surface area contributed by atoms with E-state index >= 15 is 0 Å². The van der Waals surface area contributed by atoms with Gasteiger partial charge in [0.05, 0.1) is 36.4 Å². The standard InChI is InChI=1S/C17H19N7O/c1-12-9-22(10-13(2)25-12)17-4-3-16-19-8-15(24(16)21-17)14-7-20-23(11-14)6-5-18/h3-4,7-8,11-13H,6,9-10H2,1-2H3/t12-,13+. The molecule has 25 heavy (non-hydrogen) atoms. The largest absolute Gasteiger partial charge is 0.372 e. The number of fused-ring (bicyclic) bond motifs is 1. The Balaban J connectivity index is 1.71. The van der Waals surface area contributed by atoms with Crippen molar-refractivity contribution in [1.82, 2.24) is 24.4 Å². The monoisotopic (exact) mass is 337 g/mol. The van der Waals surface area contributed by atoms with E-state index in [0.29, 0.717) is 0 Å². The van der Waals surface area contributed by atoms with Crippen molar-refractivity contribution in [3.05, 3.63) is 30.7 Å². The summed E-state index contributed by atoms with van der Waals surface area (Å²) in [5, 5.41) is 17.8. The molecule has 1 aliphatic rings. The number of rotatable bonds is 3. The van der Waals surface area contributed by atoms with Crippen molar-refractivity contribution in [2.75, 3.05) is 18.0 Å². The molecule has 0 N–H and O–H groups in total. The minimum absolute atomic E-state index is 0.174. The minimum Gasteiger partial charge on any atom is -0.372 e. The van der Waals surface area contributed by atoms with E-state index in [2.05, 4.69) is 34.9 Å². The van der Waals surface area contributed by atoms with E-state index in [0.717, 1.165) is 35.8 Å². The first-order valence-electron chi connectivity index (χ1n) is 8.29. The van der Waals surface area contributed by atoms with Gasteiger partial charge in [-0.3, -0.25) is 4.68 Å². The molecular formula is C17H19N7O. The van der Waals surface area contributed by atoms with Crippen LogP contribution < -0.4 is 4.90 Å². The second kappa shape index (κ2) is 6.18. The molecule has 1 aliphatic heterocycles. The van der Waals surface area contributed by atoms with Crippen molar-refractivity contribution in [1.29, 1.82) is 5.26 Å². The molecule has 4 rings (SSSR count). The Bertz CT molecular complexity index is 928. The van der Waals surface area contributed by atoms with Gasteiger partial charge < -0.3 is 9.64 Å². The summed E-state index contributed by atoms with van der Waals surface area (Å²) < 4.78 is 9.23. The number of hydrogen-bond donors (Lipinski definition) is 0. The van der Waals surface area contributed by atoms with Crippen LogP contribution in [0.5, 0.6) is 0 Å². The smallest absolute Gasteiger partial charge is 0.154 e. The molecule has 0 radical (unpaired) electrons. The Morgan fingerprint density at radius 1 is 1.24 bits per heavy atom. The maximum absolute atomic E-state index is 8.80. The number of aromatic nitrogens is 5. The van der Waals surface area contributed by atoms with Gasteiger partial charge in [-0.2, -0.15) is 10.4 Å². The summed E-state index contributed by atoms with van der Waals surface area (Å²) in [4.78, 5) is 6.66. The summed E-state index contributed by atoms with van der Waals surface area (Å²) in [7, 11) is 0. The van der Waals surface area contributed by atoms with Gasteiger partial charge in [-0.1, -0.05) is 0 Å². The minimum atomic E-state index is 0.174. The third kappa shape index (κ3) is 2.94. The van der Waals surface area contributed by atoms with Gasteiger partial charge in [-0.05, 0) is 26.0 Å². The molecule has 3 aromatic rings. The van der Waals surface area contributed by atoms with Crippen molar-refractivity contribution in [2.24, 2.45) is 0 Å². The summed E-state index contributed by atoms with van der Waals surface area (Å²) in [5.41, 5.74) is 2.52. The third-order valence-corrected chi connectivity index (χ3v) is 4.25.